The minimum absolute atomic E-state index is 0.00606. The molecule has 0 aromatic heterocycles. The summed E-state index contributed by atoms with van der Waals surface area (Å²) in [7, 11) is -3.70. The highest BCUT2D eigenvalue weighted by molar-refractivity contribution is 7.89. The third kappa shape index (κ3) is 2.85. The first-order valence-electron chi connectivity index (χ1n) is 6.74. The summed E-state index contributed by atoms with van der Waals surface area (Å²) < 4.78 is 40.5. The van der Waals surface area contributed by atoms with Crippen LogP contribution in [0.25, 0.3) is 0 Å². The molecule has 1 aliphatic heterocycles. The minimum Gasteiger partial charge on any atom is -0.207 e. The Morgan fingerprint density at radius 2 is 2.10 bits per heavy atom. The van der Waals surface area contributed by atoms with E-state index in [0.29, 0.717) is 18.0 Å². The Morgan fingerprint density at radius 3 is 2.75 bits per heavy atom. The summed E-state index contributed by atoms with van der Waals surface area (Å²) in [6.45, 7) is 4.42. The monoisotopic (exact) mass is 319 g/mol. The predicted octanol–water partition coefficient (Wildman–Crippen LogP) is 3.37. The molecular weight excluding hydrogens is 301 g/mol. The van der Waals surface area contributed by atoms with E-state index in [4.69, 9.17) is 11.6 Å². The molecule has 0 N–H and O–H groups in total. The van der Waals surface area contributed by atoms with Gasteiger partial charge >= 0.3 is 0 Å². The summed E-state index contributed by atoms with van der Waals surface area (Å²) in [5.74, 6) is -0.214. The van der Waals surface area contributed by atoms with Crippen molar-refractivity contribution in [2.75, 3.05) is 6.54 Å². The second-order valence-electron chi connectivity index (χ2n) is 5.36. The fraction of sp³-hybridized carbons (Fsp3) is 0.571. The Hall–Kier alpha value is -0.650. The normalized spacial score (nSPS) is 24.8. The fourth-order valence-electron chi connectivity index (χ4n) is 2.64. The number of hydrogen-bond acceptors (Lipinski definition) is 2. The molecule has 20 heavy (non-hydrogen) atoms. The lowest BCUT2D eigenvalue weighted by molar-refractivity contribution is 0.202. The van der Waals surface area contributed by atoms with Crippen LogP contribution in [0.3, 0.4) is 0 Å². The molecule has 112 valence electrons. The average molecular weight is 320 g/mol. The smallest absolute Gasteiger partial charge is 0.207 e. The highest BCUT2D eigenvalue weighted by Crippen LogP contribution is 2.30. The van der Waals surface area contributed by atoms with Gasteiger partial charge in [0.1, 0.15) is 5.82 Å². The Bertz CT molecular complexity index is 591. The first-order valence-corrected chi connectivity index (χ1v) is 8.71. The van der Waals surface area contributed by atoms with Gasteiger partial charge in [-0.1, -0.05) is 13.0 Å². The van der Waals surface area contributed by atoms with E-state index in [-0.39, 0.29) is 16.8 Å². The number of sulfonamides is 1. The van der Waals surface area contributed by atoms with Gasteiger partial charge in [-0.15, -0.1) is 11.6 Å². The molecule has 3 nitrogen and oxygen atoms in total. The van der Waals surface area contributed by atoms with Crippen LogP contribution < -0.4 is 0 Å². The number of piperidine rings is 1. The number of alkyl halides is 1. The zero-order valence-corrected chi connectivity index (χ0v) is 13.2. The van der Waals surface area contributed by atoms with Crippen LogP contribution >= 0.6 is 11.6 Å². The first kappa shape index (κ1) is 15.7. The molecule has 6 heteroatoms. The number of hydrogen-bond donors (Lipinski definition) is 0. The molecule has 1 fully saturated rings. The molecule has 0 aliphatic carbocycles. The van der Waals surface area contributed by atoms with Gasteiger partial charge < -0.3 is 0 Å². The Labute approximate surface area is 124 Å². The molecule has 1 saturated heterocycles. The topological polar surface area (TPSA) is 37.4 Å². The lowest BCUT2D eigenvalue weighted by Crippen LogP contribution is -2.46. The van der Waals surface area contributed by atoms with Crippen molar-refractivity contribution in [3.8, 4) is 0 Å². The Kier molecular flexibility index (Phi) is 4.72. The maximum atomic E-state index is 13.4. The molecule has 0 spiro atoms. The van der Waals surface area contributed by atoms with E-state index in [2.05, 4.69) is 0 Å². The Balaban J connectivity index is 2.47. The van der Waals surface area contributed by atoms with Crippen molar-refractivity contribution in [3.63, 3.8) is 0 Å². The van der Waals surface area contributed by atoms with Crippen LogP contribution in [0.15, 0.2) is 23.1 Å². The fourth-order valence-corrected chi connectivity index (χ4v) is 4.96. The molecule has 2 rings (SSSR count). The van der Waals surface area contributed by atoms with Gasteiger partial charge in [0.25, 0.3) is 0 Å². The number of halogens is 2. The van der Waals surface area contributed by atoms with E-state index in [1.54, 1.807) is 0 Å². The van der Waals surface area contributed by atoms with Gasteiger partial charge in [-0.25, -0.2) is 12.8 Å². The number of nitrogens with zero attached hydrogens (tertiary/aromatic N) is 1. The average Bonchev–Trinajstić information content (AvgIpc) is 2.41. The quantitative estimate of drug-likeness (QED) is 0.801. The SMILES string of the molecule is CC1CCCN(S(=O)(=O)c2cc(F)ccc2CCl)C1C. The highest BCUT2D eigenvalue weighted by atomic mass is 35.5. The maximum absolute atomic E-state index is 13.4. The molecule has 1 aliphatic rings. The molecule has 0 bridgehead atoms. The second kappa shape index (κ2) is 6.00. The number of benzene rings is 1. The Morgan fingerprint density at radius 1 is 1.40 bits per heavy atom. The van der Waals surface area contributed by atoms with E-state index >= 15 is 0 Å². The van der Waals surface area contributed by atoms with Crippen molar-refractivity contribution in [1.29, 1.82) is 0 Å². The standard InChI is InChI=1S/C14H19ClFNO2S/c1-10-4-3-7-17(11(10)2)20(18,19)14-8-13(16)6-5-12(14)9-15/h5-6,8,10-11H,3-4,7,9H2,1-2H3. The molecule has 0 radical (unpaired) electrons. The molecule has 0 amide bonds. The zero-order valence-electron chi connectivity index (χ0n) is 11.6. The largest absolute Gasteiger partial charge is 0.243 e. The lowest BCUT2D eigenvalue weighted by atomic mass is 9.94. The van der Waals surface area contributed by atoms with E-state index in [0.717, 1.165) is 18.9 Å². The summed E-state index contributed by atoms with van der Waals surface area (Å²) in [6.07, 6.45) is 1.84. The third-order valence-electron chi connectivity index (χ3n) is 4.08. The zero-order chi connectivity index (χ0) is 14.9. The van der Waals surface area contributed by atoms with Gasteiger partial charge in [-0.2, -0.15) is 4.31 Å². The lowest BCUT2D eigenvalue weighted by Gasteiger charge is -2.37. The molecular formula is C14H19ClFNO2S. The van der Waals surface area contributed by atoms with Crippen LogP contribution in [0.4, 0.5) is 4.39 Å². The van der Waals surface area contributed by atoms with Crippen LogP contribution in [0, 0.1) is 11.7 Å². The summed E-state index contributed by atoms with van der Waals surface area (Å²) in [5.41, 5.74) is 0.443. The van der Waals surface area contributed by atoms with Gasteiger partial charge in [-0.3, -0.25) is 0 Å². The summed E-state index contributed by atoms with van der Waals surface area (Å²) in [4.78, 5) is -0.00606. The molecule has 1 aromatic rings. The second-order valence-corrected chi connectivity index (χ2v) is 7.49. The molecule has 2 unspecified atom stereocenters. The predicted molar refractivity (Wildman–Crippen MR) is 77.7 cm³/mol. The van der Waals surface area contributed by atoms with E-state index in [9.17, 15) is 12.8 Å². The van der Waals surface area contributed by atoms with Crippen molar-refractivity contribution in [2.24, 2.45) is 5.92 Å². The van der Waals surface area contributed by atoms with Crippen molar-refractivity contribution < 1.29 is 12.8 Å². The number of rotatable bonds is 3. The molecule has 1 aromatic carbocycles. The summed E-state index contributed by atoms with van der Waals surface area (Å²) in [5, 5.41) is 0. The first-order chi connectivity index (χ1) is 9.37. The molecule has 0 saturated carbocycles. The summed E-state index contributed by atoms with van der Waals surface area (Å²) >= 11 is 5.79. The highest BCUT2D eigenvalue weighted by Gasteiger charge is 2.35. The summed E-state index contributed by atoms with van der Waals surface area (Å²) in [6, 6.07) is 3.66. The van der Waals surface area contributed by atoms with Crippen LogP contribution in [-0.4, -0.2) is 25.3 Å². The van der Waals surface area contributed by atoms with Crippen LogP contribution in [-0.2, 0) is 15.9 Å². The molecule has 1 heterocycles. The van der Waals surface area contributed by atoms with Crippen molar-refractivity contribution in [3.05, 3.63) is 29.6 Å². The van der Waals surface area contributed by atoms with Crippen LogP contribution in [0.5, 0.6) is 0 Å². The van der Waals surface area contributed by atoms with Crippen LogP contribution in [0.1, 0.15) is 32.3 Å². The van der Waals surface area contributed by atoms with Gasteiger partial charge in [0.05, 0.1) is 4.90 Å². The van der Waals surface area contributed by atoms with Gasteiger partial charge in [0, 0.05) is 18.5 Å². The minimum atomic E-state index is -3.70. The van der Waals surface area contributed by atoms with Crippen molar-refractivity contribution in [2.45, 2.75) is 43.5 Å². The van der Waals surface area contributed by atoms with E-state index in [1.807, 2.05) is 13.8 Å². The maximum Gasteiger partial charge on any atom is 0.243 e. The van der Waals surface area contributed by atoms with Crippen molar-refractivity contribution >= 4 is 21.6 Å². The third-order valence-corrected chi connectivity index (χ3v) is 6.43. The van der Waals surface area contributed by atoms with Gasteiger partial charge in [-0.05, 0) is 43.4 Å². The van der Waals surface area contributed by atoms with E-state index < -0.39 is 15.8 Å². The van der Waals surface area contributed by atoms with Crippen LogP contribution in [0.2, 0.25) is 0 Å². The van der Waals surface area contributed by atoms with E-state index in [1.165, 1.54) is 16.4 Å². The molecule has 2 atom stereocenters. The van der Waals surface area contributed by atoms with Gasteiger partial charge in [0.15, 0.2) is 0 Å². The van der Waals surface area contributed by atoms with Crippen molar-refractivity contribution in [1.82, 2.24) is 4.31 Å². The van der Waals surface area contributed by atoms with Gasteiger partial charge in [0.2, 0.25) is 10.0 Å².